The van der Waals surface area contributed by atoms with E-state index in [9.17, 15) is 9.59 Å². The normalized spacial score (nSPS) is 9.53. The molecule has 0 aromatic heterocycles. The van der Waals surface area contributed by atoms with Crippen molar-refractivity contribution in [2.45, 2.75) is 13.8 Å². The van der Waals surface area contributed by atoms with Crippen LogP contribution < -0.4 is 5.32 Å². The van der Waals surface area contributed by atoms with Crippen LogP contribution in [-0.4, -0.2) is 19.0 Å². The maximum Gasteiger partial charge on any atom is 0.340 e. The van der Waals surface area contributed by atoms with Gasteiger partial charge in [0.1, 0.15) is 0 Å². The Kier molecular flexibility index (Phi) is 3.44. The second-order valence-corrected chi connectivity index (χ2v) is 3.17. The van der Waals surface area contributed by atoms with Crippen molar-refractivity contribution in [2.24, 2.45) is 0 Å². The quantitative estimate of drug-likeness (QED) is 0.751. The number of esters is 1. The zero-order valence-electron chi connectivity index (χ0n) is 8.96. The average Bonchev–Trinajstić information content (AvgIpc) is 2.16. The first kappa shape index (κ1) is 11.2. The molecule has 0 saturated carbocycles. The molecular formula is C11H13NO3. The Hall–Kier alpha value is -1.84. The van der Waals surface area contributed by atoms with Gasteiger partial charge in [0.15, 0.2) is 0 Å². The molecule has 15 heavy (non-hydrogen) atoms. The molecule has 0 radical (unpaired) electrons. The van der Waals surface area contributed by atoms with Crippen molar-refractivity contribution in [3.63, 3.8) is 0 Å². The SMILES string of the molecule is COC(=O)c1c(C)cccc1NC(C)=O. The first-order valence-electron chi connectivity index (χ1n) is 4.51. The minimum atomic E-state index is -0.447. The standard InChI is InChI=1S/C11H13NO3/c1-7-5-4-6-9(12-8(2)13)10(7)11(14)15-3/h4-6H,1-3H3,(H,12,13). The maximum atomic E-state index is 11.5. The summed E-state index contributed by atoms with van der Waals surface area (Å²) in [5.74, 6) is -0.664. The number of nitrogens with one attached hydrogen (secondary N) is 1. The third-order valence-corrected chi connectivity index (χ3v) is 1.97. The van der Waals surface area contributed by atoms with Gasteiger partial charge in [-0.05, 0) is 18.6 Å². The highest BCUT2D eigenvalue weighted by Gasteiger charge is 2.14. The van der Waals surface area contributed by atoms with E-state index in [0.29, 0.717) is 11.3 Å². The molecule has 1 rings (SSSR count). The van der Waals surface area contributed by atoms with Crippen LogP contribution in [0.1, 0.15) is 22.8 Å². The van der Waals surface area contributed by atoms with E-state index in [4.69, 9.17) is 0 Å². The van der Waals surface area contributed by atoms with E-state index in [1.165, 1.54) is 14.0 Å². The third kappa shape index (κ3) is 2.56. The van der Waals surface area contributed by atoms with Crippen LogP contribution in [0.5, 0.6) is 0 Å². The second-order valence-electron chi connectivity index (χ2n) is 3.17. The summed E-state index contributed by atoms with van der Waals surface area (Å²) in [5.41, 5.74) is 1.65. The van der Waals surface area contributed by atoms with Gasteiger partial charge in [0.05, 0.1) is 18.4 Å². The highest BCUT2D eigenvalue weighted by Crippen LogP contribution is 2.20. The van der Waals surface area contributed by atoms with E-state index in [2.05, 4.69) is 10.1 Å². The minimum Gasteiger partial charge on any atom is -0.465 e. The zero-order valence-corrected chi connectivity index (χ0v) is 8.96. The van der Waals surface area contributed by atoms with Gasteiger partial charge in [-0.25, -0.2) is 4.79 Å². The van der Waals surface area contributed by atoms with Crippen LogP contribution in [0.15, 0.2) is 18.2 Å². The summed E-state index contributed by atoms with van der Waals surface area (Å²) < 4.78 is 4.65. The summed E-state index contributed by atoms with van der Waals surface area (Å²) in [4.78, 5) is 22.4. The van der Waals surface area contributed by atoms with Crippen molar-refractivity contribution >= 4 is 17.6 Å². The molecule has 0 fully saturated rings. The van der Waals surface area contributed by atoms with Gasteiger partial charge < -0.3 is 10.1 Å². The summed E-state index contributed by atoms with van der Waals surface area (Å²) in [5, 5.41) is 2.59. The summed E-state index contributed by atoms with van der Waals surface area (Å²) in [6, 6.07) is 5.23. The number of carbonyl (C=O) groups excluding carboxylic acids is 2. The van der Waals surface area contributed by atoms with Gasteiger partial charge in [-0.2, -0.15) is 0 Å². The Balaban J connectivity index is 3.20. The molecule has 1 aromatic rings. The van der Waals surface area contributed by atoms with Crippen LogP contribution in [-0.2, 0) is 9.53 Å². The summed E-state index contributed by atoms with van der Waals surface area (Å²) >= 11 is 0. The van der Waals surface area contributed by atoms with Crippen LogP contribution in [0.25, 0.3) is 0 Å². The molecule has 0 heterocycles. The lowest BCUT2D eigenvalue weighted by molar-refractivity contribution is -0.114. The molecular weight excluding hydrogens is 194 g/mol. The Bertz CT molecular complexity index is 399. The summed E-state index contributed by atoms with van der Waals surface area (Å²) in [6.07, 6.45) is 0. The molecule has 0 saturated heterocycles. The van der Waals surface area contributed by atoms with Gasteiger partial charge >= 0.3 is 5.97 Å². The van der Waals surface area contributed by atoms with Crippen molar-refractivity contribution in [2.75, 3.05) is 12.4 Å². The molecule has 1 aromatic carbocycles. The lowest BCUT2D eigenvalue weighted by Gasteiger charge is -2.10. The lowest BCUT2D eigenvalue weighted by atomic mass is 10.1. The number of rotatable bonds is 2. The lowest BCUT2D eigenvalue weighted by Crippen LogP contribution is -2.13. The van der Waals surface area contributed by atoms with Gasteiger partial charge in [-0.1, -0.05) is 12.1 Å². The van der Waals surface area contributed by atoms with Crippen molar-refractivity contribution in [3.05, 3.63) is 29.3 Å². The smallest absolute Gasteiger partial charge is 0.340 e. The number of ether oxygens (including phenoxy) is 1. The number of amides is 1. The Labute approximate surface area is 88.2 Å². The van der Waals surface area contributed by atoms with Crippen LogP contribution in [0.4, 0.5) is 5.69 Å². The van der Waals surface area contributed by atoms with Gasteiger partial charge in [-0.3, -0.25) is 4.79 Å². The largest absolute Gasteiger partial charge is 0.465 e. The van der Waals surface area contributed by atoms with E-state index in [-0.39, 0.29) is 5.91 Å². The summed E-state index contributed by atoms with van der Waals surface area (Å²) in [7, 11) is 1.31. The first-order valence-corrected chi connectivity index (χ1v) is 4.51. The number of carbonyl (C=O) groups is 2. The van der Waals surface area contributed by atoms with Crippen molar-refractivity contribution in [1.82, 2.24) is 0 Å². The van der Waals surface area contributed by atoms with Gasteiger partial charge in [-0.15, -0.1) is 0 Å². The number of anilines is 1. The van der Waals surface area contributed by atoms with Gasteiger partial charge in [0, 0.05) is 6.92 Å². The fourth-order valence-electron chi connectivity index (χ4n) is 1.33. The fourth-order valence-corrected chi connectivity index (χ4v) is 1.33. The Morgan fingerprint density at radius 3 is 2.53 bits per heavy atom. The predicted octanol–water partition coefficient (Wildman–Crippen LogP) is 1.74. The molecule has 0 aliphatic rings. The Morgan fingerprint density at radius 1 is 1.33 bits per heavy atom. The molecule has 0 aliphatic carbocycles. The molecule has 4 nitrogen and oxygen atoms in total. The number of hydrogen-bond acceptors (Lipinski definition) is 3. The fraction of sp³-hybridized carbons (Fsp3) is 0.273. The van der Waals surface area contributed by atoms with Crippen LogP contribution in [0.2, 0.25) is 0 Å². The van der Waals surface area contributed by atoms with E-state index >= 15 is 0 Å². The van der Waals surface area contributed by atoms with Crippen molar-refractivity contribution < 1.29 is 14.3 Å². The highest BCUT2D eigenvalue weighted by molar-refractivity contribution is 6.01. The van der Waals surface area contributed by atoms with Crippen molar-refractivity contribution in [1.29, 1.82) is 0 Å². The van der Waals surface area contributed by atoms with E-state index in [1.54, 1.807) is 25.1 Å². The molecule has 1 amide bonds. The number of benzene rings is 1. The minimum absolute atomic E-state index is 0.217. The highest BCUT2D eigenvalue weighted by atomic mass is 16.5. The monoisotopic (exact) mass is 207 g/mol. The van der Waals surface area contributed by atoms with Crippen LogP contribution in [0.3, 0.4) is 0 Å². The summed E-state index contributed by atoms with van der Waals surface area (Å²) in [6.45, 7) is 3.18. The van der Waals surface area contributed by atoms with E-state index < -0.39 is 5.97 Å². The second kappa shape index (κ2) is 4.59. The molecule has 4 heteroatoms. The molecule has 80 valence electrons. The Morgan fingerprint density at radius 2 is 2.00 bits per heavy atom. The number of aryl methyl sites for hydroxylation is 1. The van der Waals surface area contributed by atoms with Gasteiger partial charge in [0.25, 0.3) is 0 Å². The predicted molar refractivity (Wildman–Crippen MR) is 56.8 cm³/mol. The zero-order chi connectivity index (χ0) is 11.4. The molecule has 1 N–H and O–H groups in total. The number of hydrogen-bond donors (Lipinski definition) is 1. The molecule has 0 bridgehead atoms. The molecule has 0 aliphatic heterocycles. The van der Waals surface area contributed by atoms with Crippen LogP contribution in [0, 0.1) is 6.92 Å². The topological polar surface area (TPSA) is 55.4 Å². The third-order valence-electron chi connectivity index (χ3n) is 1.97. The van der Waals surface area contributed by atoms with E-state index in [1.807, 2.05) is 0 Å². The number of methoxy groups -OCH3 is 1. The van der Waals surface area contributed by atoms with Crippen molar-refractivity contribution in [3.8, 4) is 0 Å². The molecule has 0 spiro atoms. The molecule has 0 atom stereocenters. The first-order chi connectivity index (χ1) is 7.06. The average molecular weight is 207 g/mol. The maximum absolute atomic E-state index is 11.5. The van der Waals surface area contributed by atoms with Gasteiger partial charge in [0.2, 0.25) is 5.91 Å². The molecule has 0 unspecified atom stereocenters. The van der Waals surface area contributed by atoms with E-state index in [0.717, 1.165) is 5.56 Å². The van der Waals surface area contributed by atoms with Crippen LogP contribution >= 0.6 is 0 Å².